The van der Waals surface area contributed by atoms with Gasteiger partial charge in [-0.1, -0.05) is 48.0 Å². The zero-order chi connectivity index (χ0) is 14.2. The molecule has 1 N–H and O–H groups in total. The molecule has 0 aliphatic rings. The van der Waals surface area contributed by atoms with E-state index in [1.807, 2.05) is 18.2 Å². The number of rotatable bonds is 7. The Morgan fingerprint density at radius 1 is 1.00 bits per heavy atom. The van der Waals surface area contributed by atoms with Gasteiger partial charge in [0, 0.05) is 18.7 Å². The fraction of sp³-hybridized carbons (Fsp3) is 0.294. The van der Waals surface area contributed by atoms with E-state index in [1.165, 1.54) is 16.7 Å². The van der Waals surface area contributed by atoms with Gasteiger partial charge in [0.05, 0.1) is 6.61 Å². The largest absolute Gasteiger partial charge is 0.380 e. The maximum absolute atomic E-state index is 5.87. The molecule has 2 aromatic carbocycles. The topological polar surface area (TPSA) is 21.3 Å². The summed E-state index contributed by atoms with van der Waals surface area (Å²) < 4.78 is 5.22. The molecule has 3 heteroatoms. The van der Waals surface area contributed by atoms with Crippen LogP contribution in [0.2, 0.25) is 5.02 Å². The smallest absolute Gasteiger partial charge is 0.0716 e. The average molecular weight is 290 g/mol. The molecule has 0 bridgehead atoms. The van der Waals surface area contributed by atoms with Crippen molar-refractivity contribution >= 4 is 11.6 Å². The lowest BCUT2D eigenvalue weighted by atomic mass is 10.1. The third-order valence-electron chi connectivity index (χ3n) is 3.24. The molecular weight excluding hydrogens is 270 g/mol. The molecule has 0 aliphatic carbocycles. The fourth-order valence-corrected chi connectivity index (χ4v) is 2.26. The third kappa shape index (κ3) is 4.64. The predicted octanol–water partition coefficient (Wildman–Crippen LogP) is 3.82. The van der Waals surface area contributed by atoms with Gasteiger partial charge in [0.25, 0.3) is 0 Å². The summed E-state index contributed by atoms with van der Waals surface area (Å²) in [4.78, 5) is 0. The van der Waals surface area contributed by atoms with Gasteiger partial charge >= 0.3 is 0 Å². The van der Waals surface area contributed by atoms with Gasteiger partial charge in [-0.2, -0.15) is 0 Å². The predicted molar refractivity (Wildman–Crippen MR) is 84.0 cm³/mol. The van der Waals surface area contributed by atoms with Gasteiger partial charge in [-0.05, 0) is 41.8 Å². The quantitative estimate of drug-likeness (QED) is 0.783. The molecule has 0 amide bonds. The molecular formula is C17H20ClNO. The summed E-state index contributed by atoms with van der Waals surface area (Å²) in [5.41, 5.74) is 3.84. The van der Waals surface area contributed by atoms with Crippen LogP contribution in [0.5, 0.6) is 0 Å². The van der Waals surface area contributed by atoms with E-state index in [-0.39, 0.29) is 0 Å². The molecule has 0 aromatic heterocycles. The van der Waals surface area contributed by atoms with Crippen LogP contribution in [-0.2, 0) is 24.3 Å². The molecule has 0 fully saturated rings. The van der Waals surface area contributed by atoms with Crippen molar-refractivity contribution in [3.63, 3.8) is 0 Å². The highest BCUT2D eigenvalue weighted by molar-refractivity contribution is 6.30. The van der Waals surface area contributed by atoms with Crippen LogP contribution in [0.4, 0.5) is 0 Å². The lowest BCUT2D eigenvalue weighted by Gasteiger charge is -2.10. The maximum Gasteiger partial charge on any atom is 0.0716 e. The molecule has 0 unspecified atom stereocenters. The van der Waals surface area contributed by atoms with Gasteiger partial charge in [-0.25, -0.2) is 0 Å². The molecule has 2 nitrogen and oxygen atoms in total. The third-order valence-corrected chi connectivity index (χ3v) is 3.49. The Bertz CT molecular complexity index is 525. The van der Waals surface area contributed by atoms with Crippen molar-refractivity contribution in [2.45, 2.75) is 19.6 Å². The number of benzene rings is 2. The Balaban J connectivity index is 1.79. The van der Waals surface area contributed by atoms with Crippen LogP contribution >= 0.6 is 11.6 Å². The lowest BCUT2D eigenvalue weighted by molar-refractivity contribution is 0.184. The molecule has 2 aromatic rings. The Morgan fingerprint density at radius 3 is 2.40 bits per heavy atom. The van der Waals surface area contributed by atoms with Crippen LogP contribution < -0.4 is 5.32 Å². The number of halogens is 1. The second-order valence-electron chi connectivity index (χ2n) is 4.75. The van der Waals surface area contributed by atoms with E-state index < -0.39 is 0 Å². The lowest BCUT2D eigenvalue weighted by Crippen LogP contribution is -2.17. The van der Waals surface area contributed by atoms with Crippen LogP contribution in [0.1, 0.15) is 16.7 Å². The first-order valence-corrected chi connectivity index (χ1v) is 7.18. The number of ether oxygens (including phenoxy) is 1. The van der Waals surface area contributed by atoms with Crippen molar-refractivity contribution in [2.75, 3.05) is 13.7 Å². The summed E-state index contributed by atoms with van der Waals surface area (Å²) in [6.45, 7) is 2.48. The van der Waals surface area contributed by atoms with Crippen molar-refractivity contribution in [2.24, 2.45) is 0 Å². The highest BCUT2D eigenvalue weighted by Gasteiger charge is 2.01. The van der Waals surface area contributed by atoms with Crippen molar-refractivity contribution in [1.29, 1.82) is 0 Å². The van der Waals surface area contributed by atoms with Gasteiger partial charge in [-0.3, -0.25) is 0 Å². The number of hydrogen-bond acceptors (Lipinski definition) is 2. The zero-order valence-corrected chi connectivity index (χ0v) is 12.5. The zero-order valence-electron chi connectivity index (χ0n) is 11.7. The maximum atomic E-state index is 5.87. The Labute approximate surface area is 125 Å². The highest BCUT2D eigenvalue weighted by Crippen LogP contribution is 2.11. The monoisotopic (exact) mass is 289 g/mol. The van der Waals surface area contributed by atoms with Gasteiger partial charge in [0.2, 0.25) is 0 Å². The fourth-order valence-electron chi connectivity index (χ4n) is 2.13. The van der Waals surface area contributed by atoms with Crippen molar-refractivity contribution in [3.05, 3.63) is 70.2 Å². The Morgan fingerprint density at radius 2 is 1.70 bits per heavy atom. The summed E-state index contributed by atoms with van der Waals surface area (Å²) in [5, 5.41) is 4.26. The summed E-state index contributed by atoms with van der Waals surface area (Å²) in [6, 6.07) is 16.4. The van der Waals surface area contributed by atoms with E-state index >= 15 is 0 Å². The van der Waals surface area contributed by atoms with Crippen molar-refractivity contribution in [3.8, 4) is 0 Å². The molecule has 0 atom stereocenters. The minimum absolute atomic E-state index is 0.662. The summed E-state index contributed by atoms with van der Waals surface area (Å²) >= 11 is 5.87. The van der Waals surface area contributed by atoms with E-state index in [2.05, 4.69) is 35.6 Å². The second-order valence-corrected chi connectivity index (χ2v) is 5.19. The molecule has 0 saturated heterocycles. The number of methoxy groups -OCH3 is 1. The molecule has 2 rings (SSSR count). The Kier molecular flexibility index (Phi) is 6.06. The van der Waals surface area contributed by atoms with Gasteiger partial charge in [0.1, 0.15) is 0 Å². The molecule has 106 valence electrons. The van der Waals surface area contributed by atoms with Crippen molar-refractivity contribution < 1.29 is 4.74 Å². The van der Waals surface area contributed by atoms with Crippen LogP contribution in [0.3, 0.4) is 0 Å². The van der Waals surface area contributed by atoms with E-state index in [1.54, 1.807) is 7.11 Å². The first-order valence-electron chi connectivity index (χ1n) is 6.80. The average Bonchev–Trinajstić information content (AvgIpc) is 2.47. The SMILES string of the molecule is COCc1ccccc1CNCCc1ccc(Cl)cc1. The first-order chi connectivity index (χ1) is 9.79. The van der Waals surface area contributed by atoms with E-state index in [4.69, 9.17) is 16.3 Å². The normalized spacial score (nSPS) is 10.7. The van der Waals surface area contributed by atoms with E-state index in [9.17, 15) is 0 Å². The standard InChI is InChI=1S/C17H20ClNO/c1-20-13-16-5-3-2-4-15(16)12-19-11-10-14-6-8-17(18)9-7-14/h2-9,19H,10-13H2,1H3. The second kappa shape index (κ2) is 8.05. The molecule has 20 heavy (non-hydrogen) atoms. The summed E-state index contributed by atoms with van der Waals surface area (Å²) in [5.74, 6) is 0. The van der Waals surface area contributed by atoms with Gasteiger partial charge < -0.3 is 10.1 Å². The van der Waals surface area contributed by atoms with Gasteiger partial charge in [0.15, 0.2) is 0 Å². The minimum atomic E-state index is 0.662. The van der Waals surface area contributed by atoms with Crippen LogP contribution in [0.15, 0.2) is 48.5 Å². The number of nitrogens with one attached hydrogen (secondary N) is 1. The summed E-state index contributed by atoms with van der Waals surface area (Å²) in [7, 11) is 1.73. The molecule has 0 radical (unpaired) electrons. The summed E-state index contributed by atoms with van der Waals surface area (Å²) in [6.07, 6.45) is 1.00. The molecule has 0 heterocycles. The van der Waals surface area contributed by atoms with E-state index in [0.29, 0.717) is 6.61 Å². The van der Waals surface area contributed by atoms with Crippen molar-refractivity contribution in [1.82, 2.24) is 5.32 Å². The molecule has 0 aliphatic heterocycles. The first kappa shape index (κ1) is 15.0. The minimum Gasteiger partial charge on any atom is -0.380 e. The molecule has 0 saturated carbocycles. The van der Waals surface area contributed by atoms with Gasteiger partial charge in [-0.15, -0.1) is 0 Å². The van der Waals surface area contributed by atoms with E-state index in [0.717, 1.165) is 24.5 Å². The number of hydrogen-bond donors (Lipinski definition) is 1. The molecule has 0 spiro atoms. The van der Waals surface area contributed by atoms with Crippen LogP contribution in [0.25, 0.3) is 0 Å². The van der Waals surface area contributed by atoms with Crippen LogP contribution in [0, 0.1) is 0 Å². The Hall–Kier alpha value is -1.35. The highest BCUT2D eigenvalue weighted by atomic mass is 35.5. The van der Waals surface area contributed by atoms with Crippen LogP contribution in [-0.4, -0.2) is 13.7 Å².